The van der Waals surface area contributed by atoms with Gasteiger partial charge in [-0.3, -0.25) is 4.99 Å². The molecule has 0 fully saturated rings. The van der Waals surface area contributed by atoms with Crippen molar-refractivity contribution in [2.24, 2.45) is 10.7 Å². The summed E-state index contributed by atoms with van der Waals surface area (Å²) in [6.07, 6.45) is 2.09. The molecule has 0 unspecified atom stereocenters. The van der Waals surface area contributed by atoms with E-state index in [9.17, 15) is 0 Å². The van der Waals surface area contributed by atoms with Crippen LogP contribution in [0.3, 0.4) is 0 Å². The molecule has 1 aromatic rings. The first kappa shape index (κ1) is 15.5. The Kier molecular flexibility index (Phi) is 7.66. The topological polar surface area (TPSA) is 53.6 Å². The lowest BCUT2D eigenvalue weighted by Crippen LogP contribution is -2.34. The van der Waals surface area contributed by atoms with E-state index in [-0.39, 0.29) is 0 Å². The molecule has 0 spiro atoms. The van der Waals surface area contributed by atoms with Crippen LogP contribution in [0.5, 0.6) is 0 Å². The molecule has 1 aromatic carbocycles. The second-order valence-corrected chi connectivity index (χ2v) is 4.77. The van der Waals surface area contributed by atoms with Gasteiger partial charge in [0, 0.05) is 19.6 Å². The minimum absolute atomic E-state index is 0.563. The van der Waals surface area contributed by atoms with Crippen LogP contribution in [0.4, 0.5) is 0 Å². The van der Waals surface area contributed by atoms with E-state index in [2.05, 4.69) is 53.4 Å². The SMILES string of the molecule is CCCN=C(N)NCCCN(C)Cc1ccccc1. The van der Waals surface area contributed by atoms with Gasteiger partial charge in [0.15, 0.2) is 5.96 Å². The van der Waals surface area contributed by atoms with Gasteiger partial charge >= 0.3 is 0 Å². The molecule has 0 radical (unpaired) electrons. The highest BCUT2D eigenvalue weighted by Crippen LogP contribution is 2.02. The van der Waals surface area contributed by atoms with E-state index in [4.69, 9.17) is 5.73 Å². The van der Waals surface area contributed by atoms with Crippen LogP contribution >= 0.6 is 0 Å². The molecule has 3 N–H and O–H groups in total. The number of benzene rings is 1. The van der Waals surface area contributed by atoms with E-state index in [1.165, 1.54) is 5.56 Å². The zero-order valence-corrected chi connectivity index (χ0v) is 12.1. The lowest BCUT2D eigenvalue weighted by molar-refractivity contribution is 0.322. The molecule has 0 bridgehead atoms. The van der Waals surface area contributed by atoms with E-state index in [0.29, 0.717) is 5.96 Å². The normalized spacial score (nSPS) is 11.8. The minimum atomic E-state index is 0.563. The van der Waals surface area contributed by atoms with Crippen molar-refractivity contribution in [3.05, 3.63) is 35.9 Å². The summed E-state index contributed by atoms with van der Waals surface area (Å²) in [5.41, 5.74) is 7.07. The number of nitrogens with two attached hydrogens (primary N) is 1. The van der Waals surface area contributed by atoms with Gasteiger partial charge < -0.3 is 16.0 Å². The van der Waals surface area contributed by atoms with Crippen LogP contribution in [0.25, 0.3) is 0 Å². The number of aliphatic imine (C=N–C) groups is 1. The fraction of sp³-hybridized carbons (Fsp3) is 0.533. The van der Waals surface area contributed by atoms with Gasteiger partial charge in [-0.25, -0.2) is 0 Å². The number of nitrogens with zero attached hydrogens (tertiary/aromatic N) is 2. The third-order valence-electron chi connectivity index (χ3n) is 2.82. The van der Waals surface area contributed by atoms with E-state index in [1.807, 2.05) is 6.07 Å². The fourth-order valence-corrected chi connectivity index (χ4v) is 1.83. The highest BCUT2D eigenvalue weighted by Gasteiger charge is 1.99. The van der Waals surface area contributed by atoms with Crippen LogP contribution in [-0.2, 0) is 6.54 Å². The summed E-state index contributed by atoms with van der Waals surface area (Å²) in [6, 6.07) is 10.5. The second kappa shape index (κ2) is 9.39. The summed E-state index contributed by atoms with van der Waals surface area (Å²) in [5.74, 6) is 0.563. The third kappa shape index (κ3) is 7.47. The first-order valence-corrected chi connectivity index (χ1v) is 6.98. The van der Waals surface area contributed by atoms with E-state index in [1.54, 1.807) is 0 Å². The Morgan fingerprint density at radius 2 is 2.05 bits per heavy atom. The molecule has 1 rings (SSSR count). The van der Waals surface area contributed by atoms with Crippen molar-refractivity contribution in [2.45, 2.75) is 26.3 Å². The maximum atomic E-state index is 5.73. The Morgan fingerprint density at radius 1 is 1.32 bits per heavy atom. The lowest BCUT2D eigenvalue weighted by Gasteiger charge is -2.16. The maximum absolute atomic E-state index is 5.73. The van der Waals surface area contributed by atoms with Crippen molar-refractivity contribution in [1.82, 2.24) is 10.2 Å². The van der Waals surface area contributed by atoms with Crippen molar-refractivity contribution >= 4 is 5.96 Å². The van der Waals surface area contributed by atoms with Crippen LogP contribution < -0.4 is 11.1 Å². The fourth-order valence-electron chi connectivity index (χ4n) is 1.83. The first-order valence-electron chi connectivity index (χ1n) is 6.98. The quantitative estimate of drug-likeness (QED) is 0.427. The van der Waals surface area contributed by atoms with Crippen molar-refractivity contribution in [1.29, 1.82) is 0 Å². The lowest BCUT2D eigenvalue weighted by atomic mass is 10.2. The standard InChI is InChI=1S/C15H26N4/c1-3-10-17-15(16)18-11-7-12-19(2)13-14-8-5-4-6-9-14/h4-6,8-9H,3,7,10-13H2,1-2H3,(H3,16,17,18). The van der Waals surface area contributed by atoms with Gasteiger partial charge in [0.05, 0.1) is 0 Å². The van der Waals surface area contributed by atoms with E-state index < -0.39 is 0 Å². The molecule has 0 saturated carbocycles. The highest BCUT2D eigenvalue weighted by molar-refractivity contribution is 5.77. The molecule has 0 aliphatic carbocycles. The zero-order chi connectivity index (χ0) is 13.9. The predicted molar refractivity (Wildman–Crippen MR) is 82.2 cm³/mol. The Balaban J connectivity index is 2.12. The van der Waals surface area contributed by atoms with Crippen LogP contribution in [0.15, 0.2) is 35.3 Å². The van der Waals surface area contributed by atoms with Crippen molar-refractivity contribution in [3.63, 3.8) is 0 Å². The summed E-state index contributed by atoms with van der Waals surface area (Å²) in [4.78, 5) is 6.51. The molecule has 0 atom stereocenters. The van der Waals surface area contributed by atoms with Gasteiger partial charge in [-0.05, 0) is 32.0 Å². The summed E-state index contributed by atoms with van der Waals surface area (Å²) < 4.78 is 0. The zero-order valence-electron chi connectivity index (χ0n) is 12.1. The van der Waals surface area contributed by atoms with Crippen LogP contribution in [-0.4, -0.2) is 37.5 Å². The molecule has 0 aromatic heterocycles. The minimum Gasteiger partial charge on any atom is -0.370 e. The summed E-state index contributed by atoms with van der Waals surface area (Å²) in [5, 5.41) is 3.14. The number of hydrogen-bond acceptors (Lipinski definition) is 2. The summed E-state index contributed by atoms with van der Waals surface area (Å²) >= 11 is 0. The van der Waals surface area contributed by atoms with Crippen LogP contribution in [0, 0.1) is 0 Å². The molecule has 0 saturated heterocycles. The maximum Gasteiger partial charge on any atom is 0.188 e. The van der Waals surface area contributed by atoms with Crippen molar-refractivity contribution < 1.29 is 0 Å². The molecule has 0 aliphatic heterocycles. The van der Waals surface area contributed by atoms with E-state index >= 15 is 0 Å². The predicted octanol–water partition coefficient (Wildman–Crippen LogP) is 1.82. The Hall–Kier alpha value is -1.55. The van der Waals surface area contributed by atoms with Crippen LogP contribution in [0.1, 0.15) is 25.3 Å². The largest absolute Gasteiger partial charge is 0.370 e. The Morgan fingerprint density at radius 3 is 2.74 bits per heavy atom. The van der Waals surface area contributed by atoms with Crippen molar-refractivity contribution in [3.8, 4) is 0 Å². The molecular formula is C15H26N4. The number of nitrogens with one attached hydrogen (secondary N) is 1. The van der Waals surface area contributed by atoms with Gasteiger partial charge in [0.2, 0.25) is 0 Å². The summed E-state index contributed by atoms with van der Waals surface area (Å²) in [7, 11) is 2.14. The van der Waals surface area contributed by atoms with Gasteiger partial charge in [0.25, 0.3) is 0 Å². The first-order chi connectivity index (χ1) is 9.22. The van der Waals surface area contributed by atoms with E-state index in [0.717, 1.165) is 39.0 Å². The number of rotatable bonds is 8. The average molecular weight is 262 g/mol. The highest BCUT2D eigenvalue weighted by atomic mass is 15.1. The van der Waals surface area contributed by atoms with Crippen LogP contribution in [0.2, 0.25) is 0 Å². The van der Waals surface area contributed by atoms with Gasteiger partial charge in [-0.1, -0.05) is 37.3 Å². The molecule has 19 heavy (non-hydrogen) atoms. The number of guanidine groups is 1. The van der Waals surface area contributed by atoms with Gasteiger partial charge in [-0.15, -0.1) is 0 Å². The molecule has 0 amide bonds. The number of hydrogen-bond donors (Lipinski definition) is 2. The molecule has 4 heteroatoms. The summed E-state index contributed by atoms with van der Waals surface area (Å²) in [6.45, 7) is 5.80. The molecule has 0 aliphatic rings. The van der Waals surface area contributed by atoms with Crippen molar-refractivity contribution in [2.75, 3.05) is 26.7 Å². The second-order valence-electron chi connectivity index (χ2n) is 4.77. The smallest absolute Gasteiger partial charge is 0.188 e. The molecule has 4 nitrogen and oxygen atoms in total. The Labute approximate surface area is 116 Å². The third-order valence-corrected chi connectivity index (χ3v) is 2.82. The monoisotopic (exact) mass is 262 g/mol. The average Bonchev–Trinajstić information content (AvgIpc) is 2.42. The molecule has 106 valence electrons. The van der Waals surface area contributed by atoms with Gasteiger partial charge in [-0.2, -0.15) is 0 Å². The molecular weight excluding hydrogens is 236 g/mol. The Bertz CT molecular complexity index is 362. The molecule has 0 heterocycles. The van der Waals surface area contributed by atoms with Gasteiger partial charge in [0.1, 0.15) is 0 Å².